The van der Waals surface area contributed by atoms with Gasteiger partial charge in [0.2, 0.25) is 17.7 Å². The second kappa shape index (κ2) is 12.0. The first kappa shape index (κ1) is 25.9. The Morgan fingerprint density at radius 1 is 1.09 bits per heavy atom. The molecule has 2 unspecified atom stereocenters. The molecule has 0 bridgehead atoms. The van der Waals surface area contributed by atoms with E-state index in [1.807, 2.05) is 32.9 Å². The van der Waals surface area contributed by atoms with Gasteiger partial charge in [0, 0.05) is 42.8 Å². The molecule has 0 spiro atoms. The molecule has 4 amide bonds. The predicted octanol–water partition coefficient (Wildman–Crippen LogP) is 3.30. The van der Waals surface area contributed by atoms with Crippen LogP contribution in [0.2, 0.25) is 0 Å². The van der Waals surface area contributed by atoms with E-state index in [0.717, 1.165) is 12.0 Å². The number of benzene rings is 1. The van der Waals surface area contributed by atoms with E-state index in [9.17, 15) is 19.2 Å². The summed E-state index contributed by atoms with van der Waals surface area (Å²) in [4.78, 5) is 50.3. The maximum Gasteiger partial charge on any atom is 0.251 e. The van der Waals surface area contributed by atoms with Crippen molar-refractivity contribution < 1.29 is 19.2 Å². The minimum Gasteiger partial charge on any atom is -0.354 e. The van der Waals surface area contributed by atoms with E-state index in [2.05, 4.69) is 24.5 Å². The van der Waals surface area contributed by atoms with Gasteiger partial charge in [0.05, 0.1) is 5.25 Å². The van der Waals surface area contributed by atoms with Crippen molar-refractivity contribution in [1.29, 1.82) is 0 Å². The molecule has 8 heteroatoms. The topological polar surface area (TPSA) is 95.6 Å². The van der Waals surface area contributed by atoms with Gasteiger partial charge in [-0.15, -0.1) is 11.8 Å². The summed E-state index contributed by atoms with van der Waals surface area (Å²) < 4.78 is 0. The first-order chi connectivity index (χ1) is 15.1. The lowest BCUT2D eigenvalue weighted by atomic mass is 10.1. The Labute approximate surface area is 195 Å². The third-order valence-corrected chi connectivity index (χ3v) is 6.61. The van der Waals surface area contributed by atoms with Crippen molar-refractivity contribution >= 4 is 35.4 Å². The summed E-state index contributed by atoms with van der Waals surface area (Å²) in [6.45, 7) is 10.7. The normalized spacial score (nSPS) is 17.2. The average molecular weight is 462 g/mol. The highest BCUT2D eigenvalue weighted by Gasteiger charge is 2.39. The molecule has 2 rings (SSSR count). The highest BCUT2D eigenvalue weighted by atomic mass is 32.2. The maximum absolute atomic E-state index is 12.7. The van der Waals surface area contributed by atoms with Gasteiger partial charge in [-0.05, 0) is 50.8 Å². The number of rotatable bonds is 11. The summed E-state index contributed by atoms with van der Waals surface area (Å²) in [6.07, 6.45) is 1.20. The van der Waals surface area contributed by atoms with Gasteiger partial charge < -0.3 is 10.6 Å². The molecule has 1 heterocycles. The minimum atomic E-state index is -0.454. The Morgan fingerprint density at radius 3 is 2.34 bits per heavy atom. The van der Waals surface area contributed by atoms with Crippen LogP contribution in [-0.2, 0) is 14.4 Å². The zero-order valence-electron chi connectivity index (χ0n) is 19.6. The van der Waals surface area contributed by atoms with Crippen LogP contribution in [-0.4, -0.2) is 52.9 Å². The van der Waals surface area contributed by atoms with Crippen LogP contribution in [0.3, 0.4) is 0 Å². The van der Waals surface area contributed by atoms with Crippen LogP contribution in [0, 0.1) is 5.92 Å². The Bertz CT molecular complexity index is 823. The fraction of sp³-hybridized carbons (Fsp3) is 0.583. The molecule has 7 nitrogen and oxygen atoms in total. The Morgan fingerprint density at radius 2 is 1.75 bits per heavy atom. The van der Waals surface area contributed by atoms with Gasteiger partial charge in [0.15, 0.2) is 0 Å². The Balaban J connectivity index is 1.88. The monoisotopic (exact) mass is 461 g/mol. The molecule has 1 aliphatic rings. The van der Waals surface area contributed by atoms with Crippen LogP contribution in [0.4, 0.5) is 0 Å². The number of hydrogen-bond acceptors (Lipinski definition) is 5. The van der Waals surface area contributed by atoms with Crippen molar-refractivity contribution in [2.24, 2.45) is 5.92 Å². The molecule has 2 N–H and O–H groups in total. The number of nitrogens with one attached hydrogen (secondary N) is 2. The summed E-state index contributed by atoms with van der Waals surface area (Å²) >= 11 is 1.44. The summed E-state index contributed by atoms with van der Waals surface area (Å²) in [5.74, 6) is -0.186. The second-order valence-electron chi connectivity index (χ2n) is 8.89. The lowest BCUT2D eigenvalue weighted by Crippen LogP contribution is -2.37. The van der Waals surface area contributed by atoms with Crippen molar-refractivity contribution in [2.75, 3.05) is 13.1 Å². The number of hydrogen-bond donors (Lipinski definition) is 2. The van der Waals surface area contributed by atoms with Gasteiger partial charge in [-0.2, -0.15) is 0 Å². The minimum absolute atomic E-state index is 0.0148. The number of imide groups is 1. The van der Waals surface area contributed by atoms with Crippen molar-refractivity contribution in [3.8, 4) is 0 Å². The molecule has 0 aliphatic carbocycles. The van der Waals surface area contributed by atoms with E-state index in [1.54, 1.807) is 12.1 Å². The molecule has 1 saturated heterocycles. The molecule has 32 heavy (non-hydrogen) atoms. The first-order valence-electron chi connectivity index (χ1n) is 11.3. The molecule has 0 aromatic heterocycles. The molecule has 0 saturated carbocycles. The highest BCUT2D eigenvalue weighted by molar-refractivity contribution is 8.00. The molecular formula is C24H35N3O4S. The lowest BCUT2D eigenvalue weighted by molar-refractivity contribution is -0.138. The van der Waals surface area contributed by atoms with Crippen molar-refractivity contribution in [1.82, 2.24) is 15.5 Å². The fourth-order valence-corrected chi connectivity index (χ4v) is 4.70. The summed E-state index contributed by atoms with van der Waals surface area (Å²) in [5, 5.41) is 5.22. The highest BCUT2D eigenvalue weighted by Crippen LogP contribution is 2.37. The molecular weight excluding hydrogens is 426 g/mol. The SMILES string of the molecule is CC(C)CCNC(=O)c1ccc(C(C)SC2CC(=O)N(CCC(=O)NC(C)C)C2=O)cc1. The van der Waals surface area contributed by atoms with E-state index < -0.39 is 5.25 Å². The third kappa shape index (κ3) is 7.65. The van der Waals surface area contributed by atoms with Crippen LogP contribution in [0.1, 0.15) is 75.1 Å². The van der Waals surface area contributed by atoms with Crippen LogP contribution in [0.15, 0.2) is 24.3 Å². The predicted molar refractivity (Wildman–Crippen MR) is 127 cm³/mol. The number of thioether (sulfide) groups is 1. The average Bonchev–Trinajstić information content (AvgIpc) is 2.98. The van der Waals surface area contributed by atoms with Gasteiger partial charge in [0.25, 0.3) is 5.91 Å². The number of amides is 4. The van der Waals surface area contributed by atoms with Gasteiger partial charge >= 0.3 is 0 Å². The van der Waals surface area contributed by atoms with Crippen molar-refractivity contribution in [3.05, 3.63) is 35.4 Å². The van der Waals surface area contributed by atoms with E-state index >= 15 is 0 Å². The zero-order valence-corrected chi connectivity index (χ0v) is 20.5. The second-order valence-corrected chi connectivity index (χ2v) is 10.4. The standard InChI is InChI=1S/C24H35N3O4S/c1-15(2)10-12-25-23(30)19-8-6-18(7-9-19)17(5)32-20-14-22(29)27(24(20)31)13-11-21(28)26-16(3)4/h6-9,15-17,20H,10-14H2,1-5H3,(H,25,30)(H,26,28). The zero-order chi connectivity index (χ0) is 23.8. The molecule has 176 valence electrons. The van der Waals surface area contributed by atoms with E-state index in [4.69, 9.17) is 0 Å². The van der Waals surface area contributed by atoms with Gasteiger partial charge in [-0.3, -0.25) is 24.1 Å². The number of nitrogens with zero attached hydrogens (tertiary/aromatic N) is 1. The summed E-state index contributed by atoms with van der Waals surface area (Å²) in [7, 11) is 0. The van der Waals surface area contributed by atoms with E-state index in [0.29, 0.717) is 18.0 Å². The van der Waals surface area contributed by atoms with E-state index in [1.165, 1.54) is 16.7 Å². The Kier molecular flexibility index (Phi) is 9.75. The molecule has 2 atom stereocenters. The number of carbonyl (C=O) groups is 4. The third-order valence-electron chi connectivity index (χ3n) is 5.23. The largest absolute Gasteiger partial charge is 0.354 e. The number of carbonyl (C=O) groups excluding carboxylic acids is 4. The van der Waals surface area contributed by atoms with Crippen LogP contribution >= 0.6 is 11.8 Å². The van der Waals surface area contributed by atoms with Crippen LogP contribution < -0.4 is 10.6 Å². The van der Waals surface area contributed by atoms with Gasteiger partial charge in [-0.25, -0.2) is 0 Å². The molecule has 1 aromatic carbocycles. The molecule has 1 fully saturated rings. The molecule has 1 aromatic rings. The van der Waals surface area contributed by atoms with Crippen LogP contribution in [0.5, 0.6) is 0 Å². The summed E-state index contributed by atoms with van der Waals surface area (Å²) in [5.41, 5.74) is 1.59. The van der Waals surface area contributed by atoms with Gasteiger partial charge in [0.1, 0.15) is 0 Å². The van der Waals surface area contributed by atoms with Crippen LogP contribution in [0.25, 0.3) is 0 Å². The quantitative estimate of drug-likeness (QED) is 0.493. The van der Waals surface area contributed by atoms with Crippen molar-refractivity contribution in [3.63, 3.8) is 0 Å². The van der Waals surface area contributed by atoms with Gasteiger partial charge in [-0.1, -0.05) is 26.0 Å². The summed E-state index contributed by atoms with van der Waals surface area (Å²) in [6, 6.07) is 7.39. The van der Waals surface area contributed by atoms with Crippen molar-refractivity contribution in [2.45, 2.75) is 70.4 Å². The number of likely N-dealkylation sites (tertiary alicyclic amines) is 1. The fourth-order valence-electron chi connectivity index (χ4n) is 3.41. The molecule has 1 aliphatic heterocycles. The first-order valence-corrected chi connectivity index (χ1v) is 12.2. The van der Waals surface area contributed by atoms with E-state index in [-0.39, 0.29) is 54.3 Å². The Hall–Kier alpha value is -2.35. The smallest absolute Gasteiger partial charge is 0.251 e. The molecule has 0 radical (unpaired) electrons. The lowest BCUT2D eigenvalue weighted by Gasteiger charge is -2.18. The maximum atomic E-state index is 12.7.